The van der Waals surface area contributed by atoms with E-state index in [0.29, 0.717) is 26.1 Å². The second-order valence-corrected chi connectivity index (χ2v) is 8.75. The molecule has 0 unspecified atom stereocenters. The molecule has 0 aromatic heterocycles. The van der Waals surface area contributed by atoms with Gasteiger partial charge < -0.3 is 10.1 Å². The van der Waals surface area contributed by atoms with Gasteiger partial charge in [0.2, 0.25) is 10.0 Å². The second-order valence-electron chi connectivity index (χ2n) is 6.44. The fraction of sp³-hybridized carbons (Fsp3) is 0.350. The average molecular weight is 423 g/mol. The summed E-state index contributed by atoms with van der Waals surface area (Å²) in [6.07, 6.45) is 0.640. The van der Waals surface area contributed by atoms with Crippen LogP contribution in [0.3, 0.4) is 0 Å². The van der Waals surface area contributed by atoms with Gasteiger partial charge in [0.05, 0.1) is 17.7 Å². The molecule has 3 rings (SSSR count). The molecule has 6 nitrogen and oxygen atoms in total. The predicted molar refractivity (Wildman–Crippen MR) is 108 cm³/mol. The van der Waals surface area contributed by atoms with Crippen LogP contribution >= 0.6 is 11.6 Å². The van der Waals surface area contributed by atoms with E-state index in [9.17, 15) is 13.2 Å². The van der Waals surface area contributed by atoms with Crippen molar-refractivity contribution in [2.24, 2.45) is 0 Å². The maximum Gasteiger partial charge on any atom is 0.251 e. The Bertz CT molecular complexity index is 974. The number of amides is 1. The Morgan fingerprint density at radius 1 is 1.21 bits per heavy atom. The van der Waals surface area contributed by atoms with Crippen LogP contribution in [-0.2, 0) is 10.0 Å². The molecular formula is C20H23ClN2O4S. The number of rotatable bonds is 6. The largest absolute Gasteiger partial charge is 0.493 e. The van der Waals surface area contributed by atoms with Gasteiger partial charge in [-0.1, -0.05) is 43.6 Å². The fourth-order valence-corrected chi connectivity index (χ4v) is 5.24. The maximum atomic E-state index is 12.8. The van der Waals surface area contributed by atoms with E-state index in [1.54, 1.807) is 13.8 Å². The SMILES string of the molecule is CCN(CC)S(=O)(=O)c1cc(C(=O)N[C@H]2CCOc3ccccc32)ccc1Cl. The molecule has 0 radical (unpaired) electrons. The van der Waals surface area contributed by atoms with E-state index in [1.165, 1.54) is 22.5 Å². The van der Waals surface area contributed by atoms with Gasteiger partial charge in [0, 0.05) is 30.6 Å². The van der Waals surface area contributed by atoms with E-state index in [2.05, 4.69) is 5.32 Å². The van der Waals surface area contributed by atoms with Gasteiger partial charge in [0.1, 0.15) is 10.6 Å². The van der Waals surface area contributed by atoms with Crippen LogP contribution in [0.15, 0.2) is 47.4 Å². The highest BCUT2D eigenvalue weighted by atomic mass is 35.5. The van der Waals surface area contributed by atoms with Crippen molar-refractivity contribution in [3.05, 3.63) is 58.6 Å². The van der Waals surface area contributed by atoms with Crippen LogP contribution in [-0.4, -0.2) is 38.3 Å². The van der Waals surface area contributed by atoms with E-state index in [1.807, 2.05) is 24.3 Å². The standard InChI is InChI=1S/C20H23ClN2O4S/c1-3-23(4-2)28(25,26)19-13-14(9-10-16(19)21)20(24)22-17-11-12-27-18-8-6-5-7-15(17)18/h5-10,13,17H,3-4,11-12H2,1-2H3,(H,22,24)/t17-/m0/s1. The van der Waals surface area contributed by atoms with Crippen LogP contribution in [0, 0.1) is 0 Å². The lowest BCUT2D eigenvalue weighted by atomic mass is 10.00. The molecule has 28 heavy (non-hydrogen) atoms. The zero-order valence-corrected chi connectivity index (χ0v) is 17.4. The van der Waals surface area contributed by atoms with Crippen molar-refractivity contribution in [2.45, 2.75) is 31.2 Å². The van der Waals surface area contributed by atoms with E-state index < -0.39 is 10.0 Å². The minimum atomic E-state index is -3.77. The zero-order valence-electron chi connectivity index (χ0n) is 15.8. The van der Waals surface area contributed by atoms with Crippen LogP contribution in [0.4, 0.5) is 0 Å². The molecule has 0 bridgehead atoms. The van der Waals surface area contributed by atoms with Gasteiger partial charge in [-0.15, -0.1) is 0 Å². The minimum Gasteiger partial charge on any atom is -0.493 e. The summed E-state index contributed by atoms with van der Waals surface area (Å²) in [7, 11) is -3.77. The van der Waals surface area contributed by atoms with E-state index >= 15 is 0 Å². The molecule has 8 heteroatoms. The molecule has 1 amide bonds. The van der Waals surface area contributed by atoms with Crippen molar-refractivity contribution in [3.63, 3.8) is 0 Å². The molecular weight excluding hydrogens is 400 g/mol. The molecule has 150 valence electrons. The second kappa shape index (κ2) is 8.51. The maximum absolute atomic E-state index is 12.8. The highest BCUT2D eigenvalue weighted by Gasteiger charge is 2.27. The molecule has 0 fully saturated rings. The molecule has 1 atom stereocenters. The summed E-state index contributed by atoms with van der Waals surface area (Å²) in [6.45, 7) is 4.67. The number of carbonyl (C=O) groups excluding carboxylic acids is 1. The van der Waals surface area contributed by atoms with Crippen LogP contribution in [0.1, 0.15) is 42.2 Å². The summed E-state index contributed by atoms with van der Waals surface area (Å²) >= 11 is 6.15. The number of halogens is 1. The Balaban J connectivity index is 1.88. The summed E-state index contributed by atoms with van der Waals surface area (Å²) in [4.78, 5) is 12.8. The smallest absolute Gasteiger partial charge is 0.251 e. The molecule has 0 spiro atoms. The third kappa shape index (κ3) is 4.01. The normalized spacial score (nSPS) is 16.4. The molecule has 2 aromatic rings. The molecule has 0 aliphatic carbocycles. The Morgan fingerprint density at radius 2 is 1.93 bits per heavy atom. The number of nitrogens with zero attached hydrogens (tertiary/aromatic N) is 1. The van der Waals surface area contributed by atoms with Crippen molar-refractivity contribution < 1.29 is 17.9 Å². The monoisotopic (exact) mass is 422 g/mol. The molecule has 1 aliphatic rings. The third-order valence-electron chi connectivity index (χ3n) is 4.78. The molecule has 1 heterocycles. The number of hydrogen-bond donors (Lipinski definition) is 1. The van der Waals surface area contributed by atoms with Crippen molar-refractivity contribution in [1.82, 2.24) is 9.62 Å². The lowest BCUT2D eigenvalue weighted by Gasteiger charge is -2.26. The van der Waals surface area contributed by atoms with Gasteiger partial charge in [0.25, 0.3) is 5.91 Å². The van der Waals surface area contributed by atoms with Crippen LogP contribution in [0.25, 0.3) is 0 Å². The Hall–Kier alpha value is -2.09. The first-order chi connectivity index (χ1) is 13.4. The van der Waals surface area contributed by atoms with Crippen molar-refractivity contribution in [3.8, 4) is 5.75 Å². The van der Waals surface area contributed by atoms with Gasteiger partial charge in [-0.3, -0.25) is 4.79 Å². The quantitative estimate of drug-likeness (QED) is 0.771. The molecule has 1 N–H and O–H groups in total. The van der Waals surface area contributed by atoms with Crippen molar-refractivity contribution in [1.29, 1.82) is 0 Å². The van der Waals surface area contributed by atoms with E-state index in [-0.39, 0.29) is 27.4 Å². The first kappa shape index (κ1) is 20.6. The molecule has 1 aliphatic heterocycles. The number of ether oxygens (including phenoxy) is 1. The molecule has 0 saturated carbocycles. The van der Waals surface area contributed by atoms with Gasteiger partial charge in [0.15, 0.2) is 0 Å². The highest BCUT2D eigenvalue weighted by Crippen LogP contribution is 2.32. The topological polar surface area (TPSA) is 75.7 Å². The van der Waals surface area contributed by atoms with Crippen molar-refractivity contribution >= 4 is 27.5 Å². The van der Waals surface area contributed by atoms with Crippen molar-refractivity contribution in [2.75, 3.05) is 19.7 Å². The predicted octanol–water partition coefficient (Wildman–Crippen LogP) is 3.62. The number of hydrogen-bond acceptors (Lipinski definition) is 4. The number of fused-ring (bicyclic) bond motifs is 1. The van der Waals surface area contributed by atoms with E-state index in [0.717, 1.165) is 11.3 Å². The summed E-state index contributed by atoms with van der Waals surface area (Å²) in [5.41, 5.74) is 1.16. The number of sulfonamides is 1. The number of benzene rings is 2. The number of para-hydroxylation sites is 1. The number of nitrogens with one attached hydrogen (secondary N) is 1. The first-order valence-electron chi connectivity index (χ1n) is 9.20. The fourth-order valence-electron chi connectivity index (χ4n) is 3.28. The van der Waals surface area contributed by atoms with Crippen LogP contribution in [0.2, 0.25) is 5.02 Å². The van der Waals surface area contributed by atoms with Crippen LogP contribution < -0.4 is 10.1 Å². The van der Waals surface area contributed by atoms with Gasteiger partial charge >= 0.3 is 0 Å². The average Bonchev–Trinajstić information content (AvgIpc) is 2.69. The summed E-state index contributed by atoms with van der Waals surface area (Å²) in [5.74, 6) is 0.398. The van der Waals surface area contributed by atoms with E-state index in [4.69, 9.17) is 16.3 Å². The van der Waals surface area contributed by atoms with Gasteiger partial charge in [-0.25, -0.2) is 8.42 Å². The Morgan fingerprint density at radius 3 is 2.64 bits per heavy atom. The van der Waals surface area contributed by atoms with Gasteiger partial charge in [-0.05, 0) is 24.3 Å². The minimum absolute atomic E-state index is 0.0575. The third-order valence-corrected chi connectivity index (χ3v) is 7.31. The Labute approximate surface area is 170 Å². The summed E-state index contributed by atoms with van der Waals surface area (Å²) < 4.78 is 32.6. The highest BCUT2D eigenvalue weighted by molar-refractivity contribution is 7.89. The first-order valence-corrected chi connectivity index (χ1v) is 11.0. The lowest BCUT2D eigenvalue weighted by Crippen LogP contribution is -2.33. The summed E-state index contributed by atoms with van der Waals surface area (Å²) in [5, 5.41) is 3.07. The summed E-state index contributed by atoms with van der Waals surface area (Å²) in [6, 6.07) is 11.7. The van der Waals surface area contributed by atoms with Crippen LogP contribution in [0.5, 0.6) is 5.75 Å². The lowest BCUT2D eigenvalue weighted by molar-refractivity contribution is 0.0924. The Kier molecular flexibility index (Phi) is 6.27. The molecule has 2 aromatic carbocycles. The zero-order chi connectivity index (χ0) is 20.3. The van der Waals surface area contributed by atoms with Gasteiger partial charge in [-0.2, -0.15) is 4.31 Å². The molecule has 0 saturated heterocycles. The number of carbonyl (C=O) groups is 1.